The Hall–Kier alpha value is -0.120. The fraction of sp³-hybridized carbons (Fsp3) is 1.00. The van der Waals surface area contributed by atoms with Crippen molar-refractivity contribution in [2.45, 2.75) is 44.7 Å². The van der Waals surface area contributed by atoms with Crippen LogP contribution in [-0.2, 0) is 0 Å². The van der Waals surface area contributed by atoms with Gasteiger partial charge in [-0.1, -0.05) is 6.92 Å². The van der Waals surface area contributed by atoms with Crippen LogP contribution in [0.2, 0.25) is 0 Å². The van der Waals surface area contributed by atoms with Gasteiger partial charge in [0.2, 0.25) is 0 Å². The van der Waals surface area contributed by atoms with E-state index in [-0.39, 0.29) is 0 Å². The average molecular weight is 225 g/mol. The molecule has 0 amide bonds. The second-order valence-corrected chi connectivity index (χ2v) is 5.44. The van der Waals surface area contributed by atoms with Crippen LogP contribution < -0.4 is 5.32 Å². The molecular weight excluding hydrogens is 198 g/mol. The van der Waals surface area contributed by atoms with Crippen molar-refractivity contribution in [3.63, 3.8) is 0 Å². The van der Waals surface area contributed by atoms with Gasteiger partial charge in [0.15, 0.2) is 0 Å². The molecule has 2 aliphatic heterocycles. The molecule has 3 nitrogen and oxygen atoms in total. The number of likely N-dealkylation sites (tertiary alicyclic amines) is 1. The van der Waals surface area contributed by atoms with Crippen LogP contribution in [0.25, 0.3) is 0 Å². The topological polar surface area (TPSA) is 18.5 Å². The lowest BCUT2D eigenvalue weighted by molar-refractivity contribution is 0.0804. The third kappa shape index (κ3) is 2.96. The summed E-state index contributed by atoms with van der Waals surface area (Å²) in [6.45, 7) is 8.58. The molecule has 3 heteroatoms. The molecule has 0 aromatic rings. The summed E-state index contributed by atoms with van der Waals surface area (Å²) < 4.78 is 0. The molecule has 2 heterocycles. The van der Waals surface area contributed by atoms with Gasteiger partial charge in [-0.25, -0.2) is 0 Å². The first-order valence-corrected chi connectivity index (χ1v) is 6.96. The Bertz CT molecular complexity index is 201. The van der Waals surface area contributed by atoms with Crippen LogP contribution in [0.5, 0.6) is 0 Å². The standard InChI is InChI=1S/C13H27N3/c1-3-8-16(12-6-7-14-10-12)13-5-4-9-15(2)11-13/h12-14H,3-11H2,1-2H3. The Morgan fingerprint density at radius 3 is 2.81 bits per heavy atom. The zero-order valence-corrected chi connectivity index (χ0v) is 10.9. The highest BCUT2D eigenvalue weighted by atomic mass is 15.3. The molecule has 94 valence electrons. The fourth-order valence-electron chi connectivity index (χ4n) is 3.25. The first-order chi connectivity index (χ1) is 7.81. The normalized spacial score (nSPS) is 32.4. The van der Waals surface area contributed by atoms with E-state index in [1.807, 2.05) is 0 Å². The number of hydrogen-bond acceptors (Lipinski definition) is 3. The van der Waals surface area contributed by atoms with Gasteiger partial charge in [-0.15, -0.1) is 0 Å². The van der Waals surface area contributed by atoms with Gasteiger partial charge in [-0.05, 0) is 52.4 Å². The second kappa shape index (κ2) is 5.99. The number of nitrogens with one attached hydrogen (secondary N) is 1. The van der Waals surface area contributed by atoms with Crippen LogP contribution in [0.1, 0.15) is 32.6 Å². The Balaban J connectivity index is 1.93. The molecule has 2 rings (SSSR count). The highest BCUT2D eigenvalue weighted by molar-refractivity contribution is 4.88. The zero-order chi connectivity index (χ0) is 11.4. The third-order valence-electron chi connectivity index (χ3n) is 4.05. The van der Waals surface area contributed by atoms with Crippen molar-refractivity contribution in [3.05, 3.63) is 0 Å². The lowest BCUT2D eigenvalue weighted by Crippen LogP contribution is -2.51. The highest BCUT2D eigenvalue weighted by Crippen LogP contribution is 2.20. The summed E-state index contributed by atoms with van der Waals surface area (Å²) in [4.78, 5) is 5.29. The number of rotatable bonds is 4. The summed E-state index contributed by atoms with van der Waals surface area (Å²) >= 11 is 0. The molecule has 0 aromatic carbocycles. The van der Waals surface area contributed by atoms with E-state index in [1.54, 1.807) is 0 Å². The van der Waals surface area contributed by atoms with Gasteiger partial charge in [0, 0.05) is 25.2 Å². The van der Waals surface area contributed by atoms with Crippen LogP contribution in [-0.4, -0.2) is 61.7 Å². The van der Waals surface area contributed by atoms with Gasteiger partial charge >= 0.3 is 0 Å². The van der Waals surface area contributed by atoms with Crippen molar-refractivity contribution in [2.24, 2.45) is 0 Å². The molecule has 1 N–H and O–H groups in total. The Labute approximate surface area is 100 Å². The minimum atomic E-state index is 0.802. The summed E-state index contributed by atoms with van der Waals surface area (Å²) in [6, 6.07) is 1.61. The first-order valence-electron chi connectivity index (χ1n) is 6.96. The molecule has 16 heavy (non-hydrogen) atoms. The SMILES string of the molecule is CCCN(C1CCNC1)C1CCCN(C)C1. The van der Waals surface area contributed by atoms with Crippen molar-refractivity contribution < 1.29 is 0 Å². The molecule has 0 radical (unpaired) electrons. The predicted molar refractivity (Wildman–Crippen MR) is 68.8 cm³/mol. The number of hydrogen-bond donors (Lipinski definition) is 1. The summed E-state index contributed by atoms with van der Waals surface area (Å²) in [5.41, 5.74) is 0. The van der Waals surface area contributed by atoms with Gasteiger partial charge in [-0.2, -0.15) is 0 Å². The maximum Gasteiger partial charge on any atom is 0.0236 e. The summed E-state index contributed by atoms with van der Waals surface area (Å²) in [5.74, 6) is 0. The molecule has 2 saturated heterocycles. The van der Waals surface area contributed by atoms with E-state index in [1.165, 1.54) is 58.4 Å². The fourth-order valence-corrected chi connectivity index (χ4v) is 3.25. The molecule has 2 unspecified atom stereocenters. The molecule has 2 atom stereocenters. The largest absolute Gasteiger partial charge is 0.315 e. The van der Waals surface area contributed by atoms with Crippen LogP contribution in [0, 0.1) is 0 Å². The van der Waals surface area contributed by atoms with Gasteiger partial charge in [0.25, 0.3) is 0 Å². The molecule has 2 aliphatic rings. The van der Waals surface area contributed by atoms with E-state index in [0.29, 0.717) is 0 Å². The molecule has 0 spiro atoms. The third-order valence-corrected chi connectivity index (χ3v) is 4.05. The van der Waals surface area contributed by atoms with E-state index in [0.717, 1.165) is 12.1 Å². The van der Waals surface area contributed by atoms with Gasteiger partial charge in [-0.3, -0.25) is 4.90 Å². The first kappa shape index (κ1) is 12.3. The summed E-state index contributed by atoms with van der Waals surface area (Å²) in [7, 11) is 2.27. The van der Waals surface area contributed by atoms with Crippen LogP contribution in [0.4, 0.5) is 0 Å². The summed E-state index contributed by atoms with van der Waals surface area (Å²) in [6.07, 6.45) is 5.42. The van der Waals surface area contributed by atoms with E-state index in [4.69, 9.17) is 0 Å². The van der Waals surface area contributed by atoms with Gasteiger partial charge < -0.3 is 10.2 Å². The lowest BCUT2D eigenvalue weighted by atomic mass is 10.0. The monoisotopic (exact) mass is 225 g/mol. The average Bonchev–Trinajstić information content (AvgIpc) is 2.79. The van der Waals surface area contributed by atoms with Crippen molar-refractivity contribution in [2.75, 3.05) is 39.8 Å². The van der Waals surface area contributed by atoms with Crippen molar-refractivity contribution in [1.82, 2.24) is 15.1 Å². The van der Waals surface area contributed by atoms with E-state index in [9.17, 15) is 0 Å². The van der Waals surface area contributed by atoms with Crippen LogP contribution >= 0.6 is 0 Å². The van der Waals surface area contributed by atoms with Gasteiger partial charge in [0.05, 0.1) is 0 Å². The minimum absolute atomic E-state index is 0.802. The van der Waals surface area contributed by atoms with E-state index < -0.39 is 0 Å². The number of piperidine rings is 1. The van der Waals surface area contributed by atoms with E-state index in [2.05, 4.69) is 29.1 Å². The molecule has 2 fully saturated rings. The highest BCUT2D eigenvalue weighted by Gasteiger charge is 2.29. The Morgan fingerprint density at radius 1 is 1.31 bits per heavy atom. The zero-order valence-electron chi connectivity index (χ0n) is 10.9. The van der Waals surface area contributed by atoms with E-state index >= 15 is 0 Å². The molecular formula is C13H27N3. The molecule has 0 aromatic heterocycles. The van der Waals surface area contributed by atoms with Crippen molar-refractivity contribution in [1.29, 1.82) is 0 Å². The van der Waals surface area contributed by atoms with Crippen molar-refractivity contribution >= 4 is 0 Å². The van der Waals surface area contributed by atoms with Crippen LogP contribution in [0.15, 0.2) is 0 Å². The second-order valence-electron chi connectivity index (χ2n) is 5.44. The number of likely N-dealkylation sites (N-methyl/N-ethyl adjacent to an activating group) is 1. The quantitative estimate of drug-likeness (QED) is 0.774. The predicted octanol–water partition coefficient (Wildman–Crippen LogP) is 1.15. The molecule has 0 aliphatic carbocycles. The number of nitrogens with zero attached hydrogens (tertiary/aromatic N) is 2. The Morgan fingerprint density at radius 2 is 2.19 bits per heavy atom. The molecule has 0 bridgehead atoms. The minimum Gasteiger partial charge on any atom is -0.315 e. The van der Waals surface area contributed by atoms with Gasteiger partial charge in [0.1, 0.15) is 0 Å². The molecule has 0 saturated carbocycles. The maximum absolute atomic E-state index is 3.51. The smallest absolute Gasteiger partial charge is 0.0236 e. The lowest BCUT2D eigenvalue weighted by Gasteiger charge is -2.41. The van der Waals surface area contributed by atoms with Crippen LogP contribution in [0.3, 0.4) is 0 Å². The Kier molecular flexibility index (Phi) is 4.62. The van der Waals surface area contributed by atoms with Crippen molar-refractivity contribution in [3.8, 4) is 0 Å². The summed E-state index contributed by atoms with van der Waals surface area (Å²) in [5, 5.41) is 3.51. The maximum atomic E-state index is 3.51.